The Morgan fingerprint density at radius 3 is 3.08 bits per heavy atom. The van der Waals surface area contributed by atoms with E-state index in [4.69, 9.17) is 4.74 Å². The third kappa shape index (κ3) is 1.21. The van der Waals surface area contributed by atoms with Crippen LogP contribution in [0.15, 0.2) is 0 Å². The molecule has 1 aliphatic carbocycles. The fraction of sp³-hybridized carbons (Fsp3) is 0.875. The van der Waals surface area contributed by atoms with Crippen molar-refractivity contribution in [2.24, 2.45) is 5.92 Å². The number of rotatable bonds is 3. The second kappa shape index (κ2) is 3.03. The molecule has 3 aliphatic rings. The second-order valence-corrected chi connectivity index (χ2v) is 3.54. The van der Waals surface area contributed by atoms with Gasteiger partial charge in [-0.25, -0.2) is 0 Å². The van der Waals surface area contributed by atoms with E-state index in [1.54, 1.807) is 0 Å². The predicted molar refractivity (Wildman–Crippen MR) is 43.7 cm³/mol. The Kier molecular flexibility index (Phi) is 2.02. The van der Waals surface area contributed by atoms with E-state index in [0.29, 0.717) is 18.0 Å². The molecule has 12 heavy (non-hydrogen) atoms. The lowest BCUT2D eigenvalue weighted by Gasteiger charge is -2.34. The molecule has 3 fully saturated rings. The van der Waals surface area contributed by atoms with Crippen molar-refractivity contribution in [1.82, 2.24) is 10.6 Å². The van der Waals surface area contributed by atoms with Gasteiger partial charge in [-0.05, 0) is 12.3 Å². The molecule has 0 aromatic heterocycles. The zero-order valence-corrected chi connectivity index (χ0v) is 7.17. The maximum absolute atomic E-state index is 11.1. The summed E-state index contributed by atoms with van der Waals surface area (Å²) in [4.78, 5) is 11.1. The van der Waals surface area contributed by atoms with E-state index in [1.807, 2.05) is 0 Å². The third-order valence-corrected chi connectivity index (χ3v) is 2.74. The van der Waals surface area contributed by atoms with Crippen LogP contribution in [0, 0.1) is 5.92 Å². The van der Waals surface area contributed by atoms with Gasteiger partial charge >= 0.3 is 0 Å². The molecule has 2 aliphatic heterocycles. The summed E-state index contributed by atoms with van der Waals surface area (Å²) < 4.78 is 4.73. The van der Waals surface area contributed by atoms with Crippen LogP contribution in [0.2, 0.25) is 0 Å². The molecule has 0 aromatic carbocycles. The number of carbonyl (C=O) groups is 1. The molecule has 0 radical (unpaired) electrons. The van der Waals surface area contributed by atoms with Gasteiger partial charge in [-0.2, -0.15) is 0 Å². The molecule has 3 unspecified atom stereocenters. The van der Waals surface area contributed by atoms with Crippen molar-refractivity contribution in [3.8, 4) is 0 Å². The molecular weight excluding hydrogens is 156 g/mol. The van der Waals surface area contributed by atoms with Crippen LogP contribution in [-0.2, 0) is 9.53 Å². The Morgan fingerprint density at radius 2 is 2.58 bits per heavy atom. The lowest BCUT2D eigenvalue weighted by Crippen LogP contribution is -2.54. The Hall–Kier alpha value is -0.610. The van der Waals surface area contributed by atoms with E-state index in [1.165, 1.54) is 13.5 Å². The number of fused-ring (bicyclic) bond motifs is 1. The molecular formula is C8H14N2O2. The van der Waals surface area contributed by atoms with Gasteiger partial charge in [-0.3, -0.25) is 4.79 Å². The van der Waals surface area contributed by atoms with E-state index >= 15 is 0 Å². The monoisotopic (exact) mass is 170 g/mol. The number of carbonyl (C=O) groups excluding carboxylic acids is 1. The molecule has 0 spiro atoms. The van der Waals surface area contributed by atoms with Gasteiger partial charge in [0.15, 0.2) is 0 Å². The normalized spacial score (nSPS) is 37.6. The van der Waals surface area contributed by atoms with Crippen LogP contribution in [0.4, 0.5) is 0 Å². The van der Waals surface area contributed by atoms with Crippen molar-refractivity contribution < 1.29 is 9.53 Å². The van der Waals surface area contributed by atoms with Crippen molar-refractivity contribution in [3.63, 3.8) is 0 Å². The van der Waals surface area contributed by atoms with Gasteiger partial charge in [0.25, 0.3) is 0 Å². The minimum atomic E-state index is 0.000833. The highest BCUT2D eigenvalue weighted by atomic mass is 16.5. The summed E-state index contributed by atoms with van der Waals surface area (Å²) >= 11 is 0. The molecule has 0 aromatic rings. The SMILES string of the molecule is COCC(=O)NC1C2CNC1C2. The van der Waals surface area contributed by atoms with Crippen LogP contribution >= 0.6 is 0 Å². The Balaban J connectivity index is 1.77. The van der Waals surface area contributed by atoms with Crippen molar-refractivity contribution in [3.05, 3.63) is 0 Å². The van der Waals surface area contributed by atoms with Gasteiger partial charge in [-0.1, -0.05) is 0 Å². The second-order valence-electron chi connectivity index (χ2n) is 3.54. The average Bonchev–Trinajstić information content (AvgIpc) is 2.60. The van der Waals surface area contributed by atoms with Crippen LogP contribution in [0.25, 0.3) is 0 Å². The molecule has 2 N–H and O–H groups in total. The average molecular weight is 170 g/mol. The smallest absolute Gasteiger partial charge is 0.246 e. The summed E-state index contributed by atoms with van der Waals surface area (Å²) in [6.45, 7) is 1.23. The van der Waals surface area contributed by atoms with Crippen LogP contribution in [-0.4, -0.2) is 38.3 Å². The topological polar surface area (TPSA) is 50.4 Å². The Morgan fingerprint density at radius 1 is 1.75 bits per heavy atom. The first-order valence-corrected chi connectivity index (χ1v) is 4.33. The quantitative estimate of drug-likeness (QED) is 0.577. The van der Waals surface area contributed by atoms with Gasteiger partial charge in [0, 0.05) is 25.7 Å². The van der Waals surface area contributed by atoms with E-state index in [9.17, 15) is 4.79 Å². The van der Waals surface area contributed by atoms with Crippen LogP contribution in [0.5, 0.6) is 0 Å². The van der Waals surface area contributed by atoms with Gasteiger partial charge in [0.05, 0.1) is 0 Å². The first kappa shape index (κ1) is 8.01. The van der Waals surface area contributed by atoms with Crippen LogP contribution in [0.1, 0.15) is 6.42 Å². The molecule has 1 amide bonds. The first-order chi connectivity index (χ1) is 5.81. The summed E-state index contributed by atoms with van der Waals surface area (Å²) in [7, 11) is 1.53. The minimum absolute atomic E-state index is 0.000833. The lowest BCUT2D eigenvalue weighted by atomic mass is 9.80. The Labute approximate surface area is 71.7 Å². The van der Waals surface area contributed by atoms with Crippen molar-refractivity contribution in [2.75, 3.05) is 20.3 Å². The largest absolute Gasteiger partial charge is 0.375 e. The zero-order valence-electron chi connectivity index (χ0n) is 7.17. The summed E-state index contributed by atoms with van der Waals surface area (Å²) in [5, 5.41) is 6.29. The van der Waals surface area contributed by atoms with Gasteiger partial charge in [-0.15, -0.1) is 0 Å². The number of hydrogen-bond acceptors (Lipinski definition) is 3. The maximum Gasteiger partial charge on any atom is 0.246 e. The van der Waals surface area contributed by atoms with Crippen molar-refractivity contribution >= 4 is 5.91 Å². The molecule has 68 valence electrons. The van der Waals surface area contributed by atoms with Crippen LogP contribution in [0.3, 0.4) is 0 Å². The highest BCUT2D eigenvalue weighted by molar-refractivity contribution is 5.77. The summed E-state index contributed by atoms with van der Waals surface area (Å²) in [6, 6.07) is 0.892. The number of nitrogens with one attached hydrogen (secondary N) is 2. The molecule has 1 saturated carbocycles. The fourth-order valence-corrected chi connectivity index (χ4v) is 2.05. The van der Waals surface area contributed by atoms with E-state index in [2.05, 4.69) is 10.6 Å². The minimum Gasteiger partial charge on any atom is -0.375 e. The molecule has 3 atom stereocenters. The van der Waals surface area contributed by atoms with Gasteiger partial charge in [0.2, 0.25) is 5.91 Å². The van der Waals surface area contributed by atoms with Gasteiger partial charge < -0.3 is 15.4 Å². The zero-order chi connectivity index (χ0) is 8.55. The van der Waals surface area contributed by atoms with Crippen molar-refractivity contribution in [2.45, 2.75) is 18.5 Å². The molecule has 2 bridgehead atoms. The van der Waals surface area contributed by atoms with E-state index in [0.717, 1.165) is 6.54 Å². The number of amides is 1. The molecule has 3 rings (SSSR count). The maximum atomic E-state index is 11.1. The molecule has 2 saturated heterocycles. The summed E-state index contributed by atoms with van der Waals surface area (Å²) in [5.41, 5.74) is 0. The number of methoxy groups -OCH3 is 1. The summed E-state index contributed by atoms with van der Waals surface area (Å²) in [5.74, 6) is 0.664. The molecule has 4 heteroatoms. The lowest BCUT2D eigenvalue weighted by molar-refractivity contribution is -0.126. The Bertz CT molecular complexity index is 181. The van der Waals surface area contributed by atoms with Crippen LogP contribution < -0.4 is 10.6 Å². The fourth-order valence-electron chi connectivity index (χ4n) is 2.05. The highest BCUT2D eigenvalue weighted by Crippen LogP contribution is 2.33. The van der Waals surface area contributed by atoms with E-state index in [-0.39, 0.29) is 12.5 Å². The molecule has 4 nitrogen and oxygen atoms in total. The first-order valence-electron chi connectivity index (χ1n) is 4.33. The standard InChI is InChI=1S/C8H14N2O2/c1-12-4-7(11)10-8-5-2-6(8)9-3-5/h5-6,8-9H,2-4H2,1H3,(H,10,11). The van der Waals surface area contributed by atoms with E-state index < -0.39 is 0 Å². The van der Waals surface area contributed by atoms with Gasteiger partial charge in [0.1, 0.15) is 6.61 Å². The predicted octanol–water partition coefficient (Wildman–Crippen LogP) is -0.891. The third-order valence-electron chi connectivity index (χ3n) is 2.74. The summed E-state index contributed by atoms with van der Waals surface area (Å²) in [6.07, 6.45) is 1.22. The van der Waals surface area contributed by atoms with Crippen molar-refractivity contribution in [1.29, 1.82) is 0 Å². The number of hydrogen-bond donors (Lipinski definition) is 2. The number of ether oxygens (including phenoxy) is 1. The highest BCUT2D eigenvalue weighted by Gasteiger charge is 2.47. The molecule has 2 heterocycles.